The predicted molar refractivity (Wildman–Crippen MR) is 72.5 cm³/mol. The number of benzene rings is 1. The lowest BCUT2D eigenvalue weighted by atomic mass is 10.2. The van der Waals surface area contributed by atoms with Gasteiger partial charge in [-0.15, -0.1) is 0 Å². The van der Waals surface area contributed by atoms with Gasteiger partial charge in [0, 0.05) is 17.0 Å². The lowest BCUT2D eigenvalue weighted by molar-refractivity contribution is 0.586. The second-order valence-electron chi connectivity index (χ2n) is 3.71. The fourth-order valence-corrected chi connectivity index (χ4v) is 3.23. The van der Waals surface area contributed by atoms with Gasteiger partial charge in [-0.05, 0) is 37.1 Å². The number of rotatable bonds is 5. The Morgan fingerprint density at radius 2 is 2.28 bits per heavy atom. The summed E-state index contributed by atoms with van der Waals surface area (Å²) in [6, 6.07) is 5.13. The molecular formula is C12H14FN3S2. The van der Waals surface area contributed by atoms with Crippen LogP contribution in [0.25, 0.3) is 0 Å². The van der Waals surface area contributed by atoms with E-state index in [2.05, 4.69) is 14.7 Å². The number of nitrogens with zero attached hydrogens (tertiary/aromatic N) is 2. The zero-order chi connectivity index (χ0) is 13.0. The van der Waals surface area contributed by atoms with Crippen molar-refractivity contribution in [1.82, 2.24) is 14.7 Å². The van der Waals surface area contributed by atoms with Gasteiger partial charge in [-0.1, -0.05) is 24.8 Å². The molecule has 1 aromatic carbocycles. The fraction of sp³-hybridized carbons (Fsp3) is 0.333. The van der Waals surface area contributed by atoms with Crippen molar-refractivity contribution >= 4 is 23.3 Å². The van der Waals surface area contributed by atoms with Crippen LogP contribution in [0.15, 0.2) is 27.4 Å². The summed E-state index contributed by atoms with van der Waals surface area (Å²) in [6.45, 7) is 5.20. The van der Waals surface area contributed by atoms with E-state index in [1.807, 2.05) is 19.9 Å². The monoisotopic (exact) mass is 283 g/mol. The number of halogens is 1. The molecule has 18 heavy (non-hydrogen) atoms. The van der Waals surface area contributed by atoms with Gasteiger partial charge < -0.3 is 5.32 Å². The van der Waals surface area contributed by atoms with E-state index < -0.39 is 0 Å². The summed E-state index contributed by atoms with van der Waals surface area (Å²) in [5.41, 5.74) is 0.692. The SMILES string of the molecule is CCNCc1c(F)cccc1Sc1nc(C)ns1. The first-order valence-corrected chi connectivity index (χ1v) is 7.26. The third-order valence-corrected chi connectivity index (χ3v) is 4.28. The maximum atomic E-state index is 13.8. The highest BCUT2D eigenvalue weighted by Gasteiger charge is 2.11. The standard InChI is InChI=1S/C12H14FN3S2/c1-3-14-7-9-10(13)5-4-6-11(9)17-12-15-8(2)16-18-12/h4-6,14H,3,7H2,1-2H3. The van der Waals surface area contributed by atoms with Crippen LogP contribution < -0.4 is 5.32 Å². The molecule has 0 aliphatic rings. The summed E-state index contributed by atoms with van der Waals surface area (Å²) < 4.78 is 18.8. The molecule has 0 atom stereocenters. The van der Waals surface area contributed by atoms with E-state index in [4.69, 9.17) is 0 Å². The quantitative estimate of drug-likeness (QED) is 0.914. The molecule has 0 amide bonds. The number of aromatic nitrogens is 2. The molecule has 0 spiro atoms. The summed E-state index contributed by atoms with van der Waals surface area (Å²) in [7, 11) is 0. The molecule has 0 saturated carbocycles. The maximum Gasteiger partial charge on any atom is 0.174 e. The Labute approximate surface area is 114 Å². The number of hydrogen-bond donors (Lipinski definition) is 1. The normalized spacial score (nSPS) is 10.8. The lowest BCUT2D eigenvalue weighted by Crippen LogP contribution is -2.13. The molecule has 0 unspecified atom stereocenters. The molecule has 0 fully saturated rings. The van der Waals surface area contributed by atoms with Crippen LogP contribution in [0.5, 0.6) is 0 Å². The lowest BCUT2D eigenvalue weighted by Gasteiger charge is -2.09. The van der Waals surface area contributed by atoms with Crippen molar-refractivity contribution < 1.29 is 4.39 Å². The zero-order valence-corrected chi connectivity index (χ0v) is 11.9. The molecule has 0 bridgehead atoms. The van der Waals surface area contributed by atoms with Crippen LogP contribution in [0.2, 0.25) is 0 Å². The van der Waals surface area contributed by atoms with Gasteiger partial charge in [0.1, 0.15) is 11.6 Å². The topological polar surface area (TPSA) is 37.8 Å². The summed E-state index contributed by atoms with van der Waals surface area (Å²) in [5, 5.41) is 3.15. The highest BCUT2D eigenvalue weighted by Crippen LogP contribution is 2.32. The van der Waals surface area contributed by atoms with Crippen LogP contribution >= 0.6 is 23.3 Å². The second kappa shape index (κ2) is 6.26. The molecule has 2 rings (SSSR count). The molecule has 1 aromatic heterocycles. The number of aryl methyl sites for hydroxylation is 1. The van der Waals surface area contributed by atoms with Crippen molar-refractivity contribution in [1.29, 1.82) is 0 Å². The van der Waals surface area contributed by atoms with Gasteiger partial charge in [-0.2, -0.15) is 4.37 Å². The molecule has 6 heteroatoms. The van der Waals surface area contributed by atoms with Crippen LogP contribution in [-0.4, -0.2) is 15.9 Å². The molecule has 1 N–H and O–H groups in total. The van der Waals surface area contributed by atoms with Gasteiger partial charge in [0.25, 0.3) is 0 Å². The minimum Gasteiger partial charge on any atom is -0.313 e. The van der Waals surface area contributed by atoms with E-state index in [0.29, 0.717) is 12.1 Å². The Morgan fingerprint density at radius 3 is 2.94 bits per heavy atom. The van der Waals surface area contributed by atoms with Crippen LogP contribution in [0.1, 0.15) is 18.3 Å². The third kappa shape index (κ3) is 3.28. The fourth-order valence-electron chi connectivity index (χ4n) is 1.47. The number of nitrogens with one attached hydrogen (secondary N) is 1. The highest BCUT2D eigenvalue weighted by molar-refractivity contribution is 8.01. The van der Waals surface area contributed by atoms with Gasteiger partial charge >= 0.3 is 0 Å². The van der Waals surface area contributed by atoms with E-state index in [1.165, 1.54) is 29.4 Å². The largest absolute Gasteiger partial charge is 0.313 e. The summed E-state index contributed by atoms with van der Waals surface area (Å²) in [6.07, 6.45) is 0. The van der Waals surface area contributed by atoms with Gasteiger partial charge in [0.2, 0.25) is 0 Å². The maximum absolute atomic E-state index is 13.8. The first kappa shape index (κ1) is 13.5. The molecule has 1 heterocycles. The first-order valence-electron chi connectivity index (χ1n) is 5.67. The molecule has 0 aliphatic heterocycles. The molecule has 0 radical (unpaired) electrons. The Kier molecular flexibility index (Phi) is 4.68. The van der Waals surface area contributed by atoms with Crippen molar-refractivity contribution in [3.8, 4) is 0 Å². The van der Waals surface area contributed by atoms with Crippen molar-refractivity contribution in [3.63, 3.8) is 0 Å². The molecular weight excluding hydrogens is 269 g/mol. The number of hydrogen-bond acceptors (Lipinski definition) is 5. The van der Waals surface area contributed by atoms with Crippen LogP contribution in [0.4, 0.5) is 4.39 Å². The minimum atomic E-state index is -0.179. The van der Waals surface area contributed by atoms with Gasteiger partial charge in [-0.25, -0.2) is 9.37 Å². The molecule has 2 aromatic rings. The Morgan fingerprint density at radius 1 is 1.44 bits per heavy atom. The van der Waals surface area contributed by atoms with Crippen molar-refractivity contribution in [3.05, 3.63) is 35.4 Å². The van der Waals surface area contributed by atoms with E-state index in [-0.39, 0.29) is 5.82 Å². The van der Waals surface area contributed by atoms with Crippen LogP contribution in [0, 0.1) is 12.7 Å². The van der Waals surface area contributed by atoms with Gasteiger partial charge in [0.05, 0.1) is 0 Å². The van der Waals surface area contributed by atoms with Crippen molar-refractivity contribution in [2.24, 2.45) is 0 Å². The zero-order valence-electron chi connectivity index (χ0n) is 10.2. The van der Waals surface area contributed by atoms with Crippen LogP contribution in [-0.2, 0) is 6.54 Å². The van der Waals surface area contributed by atoms with E-state index >= 15 is 0 Å². The Balaban J connectivity index is 2.23. The highest BCUT2D eigenvalue weighted by atomic mass is 32.2. The minimum absolute atomic E-state index is 0.179. The smallest absolute Gasteiger partial charge is 0.174 e. The van der Waals surface area contributed by atoms with E-state index in [9.17, 15) is 4.39 Å². The average molecular weight is 283 g/mol. The van der Waals surface area contributed by atoms with Gasteiger partial charge in [0.15, 0.2) is 4.34 Å². The third-order valence-electron chi connectivity index (χ3n) is 2.33. The average Bonchev–Trinajstić information content (AvgIpc) is 2.74. The first-order chi connectivity index (χ1) is 8.70. The van der Waals surface area contributed by atoms with E-state index in [1.54, 1.807) is 6.07 Å². The molecule has 3 nitrogen and oxygen atoms in total. The molecule has 0 saturated heterocycles. The van der Waals surface area contributed by atoms with Gasteiger partial charge in [-0.3, -0.25) is 0 Å². The van der Waals surface area contributed by atoms with Crippen molar-refractivity contribution in [2.45, 2.75) is 29.6 Å². The Bertz CT molecular complexity index is 528. The summed E-state index contributed by atoms with van der Waals surface area (Å²) >= 11 is 2.81. The van der Waals surface area contributed by atoms with E-state index in [0.717, 1.165) is 21.6 Å². The predicted octanol–water partition coefficient (Wildman–Crippen LogP) is 3.25. The Hall–Kier alpha value is -0.980. The molecule has 0 aliphatic carbocycles. The van der Waals surface area contributed by atoms with Crippen molar-refractivity contribution in [2.75, 3.05) is 6.54 Å². The summed E-state index contributed by atoms with van der Waals surface area (Å²) in [4.78, 5) is 5.18. The molecule has 96 valence electrons. The summed E-state index contributed by atoms with van der Waals surface area (Å²) in [5.74, 6) is 0.578. The second-order valence-corrected chi connectivity index (χ2v) is 5.75. The van der Waals surface area contributed by atoms with Crippen LogP contribution in [0.3, 0.4) is 0 Å².